The van der Waals surface area contributed by atoms with Crippen LogP contribution in [0.1, 0.15) is 36.7 Å². The van der Waals surface area contributed by atoms with Gasteiger partial charge in [-0.25, -0.2) is 4.79 Å². The normalized spacial score (nSPS) is 11.2. The molecule has 2 rings (SSSR count). The quantitative estimate of drug-likeness (QED) is 0.678. The van der Waals surface area contributed by atoms with E-state index in [9.17, 15) is 20.0 Å². The van der Waals surface area contributed by atoms with Gasteiger partial charge in [-0.1, -0.05) is 45.0 Å². The molecule has 0 fully saturated rings. The van der Waals surface area contributed by atoms with Gasteiger partial charge >= 0.3 is 5.97 Å². The second-order valence-corrected chi connectivity index (χ2v) is 6.12. The van der Waals surface area contributed by atoms with Crippen LogP contribution < -0.4 is 0 Å². The van der Waals surface area contributed by atoms with E-state index in [1.165, 1.54) is 18.2 Å². The third kappa shape index (κ3) is 3.14. The van der Waals surface area contributed by atoms with E-state index in [4.69, 9.17) is 0 Å². The fourth-order valence-electron chi connectivity index (χ4n) is 2.22. The first-order valence-corrected chi connectivity index (χ1v) is 6.83. The van der Waals surface area contributed by atoms with E-state index in [1.807, 2.05) is 12.1 Å². The first-order valence-electron chi connectivity index (χ1n) is 6.83. The third-order valence-corrected chi connectivity index (χ3v) is 3.51. The van der Waals surface area contributed by atoms with E-state index < -0.39 is 10.9 Å². The molecule has 0 saturated heterocycles. The number of aromatic carboxylic acids is 1. The number of benzene rings is 2. The van der Waals surface area contributed by atoms with Gasteiger partial charge in [-0.15, -0.1) is 0 Å². The predicted molar refractivity (Wildman–Crippen MR) is 84.2 cm³/mol. The Morgan fingerprint density at radius 2 is 1.68 bits per heavy atom. The van der Waals surface area contributed by atoms with Gasteiger partial charge in [0, 0.05) is 17.7 Å². The minimum atomic E-state index is -1.11. The minimum Gasteiger partial charge on any atom is -0.478 e. The Morgan fingerprint density at radius 3 is 2.14 bits per heavy atom. The molecule has 2 aromatic rings. The molecule has 0 radical (unpaired) electrons. The van der Waals surface area contributed by atoms with E-state index in [0.29, 0.717) is 11.1 Å². The van der Waals surface area contributed by atoms with Crippen LogP contribution in [0.2, 0.25) is 0 Å². The molecule has 0 heterocycles. The molecule has 0 aliphatic heterocycles. The van der Waals surface area contributed by atoms with Crippen molar-refractivity contribution < 1.29 is 14.8 Å². The maximum absolute atomic E-state index is 11.3. The zero-order valence-corrected chi connectivity index (χ0v) is 12.7. The highest BCUT2D eigenvalue weighted by molar-refractivity contribution is 5.96. The molecule has 0 aromatic heterocycles. The van der Waals surface area contributed by atoms with Gasteiger partial charge in [-0.3, -0.25) is 10.1 Å². The Bertz CT molecular complexity index is 727. The molecule has 0 saturated carbocycles. The van der Waals surface area contributed by atoms with E-state index >= 15 is 0 Å². The molecule has 22 heavy (non-hydrogen) atoms. The fourth-order valence-corrected chi connectivity index (χ4v) is 2.22. The summed E-state index contributed by atoms with van der Waals surface area (Å²) < 4.78 is 0. The average Bonchev–Trinajstić information content (AvgIpc) is 2.45. The van der Waals surface area contributed by atoms with Crippen LogP contribution in [-0.2, 0) is 5.41 Å². The lowest BCUT2D eigenvalue weighted by atomic mass is 9.86. The summed E-state index contributed by atoms with van der Waals surface area (Å²) in [6.45, 7) is 6.24. The summed E-state index contributed by atoms with van der Waals surface area (Å²) in [5.74, 6) is -1.11. The number of nitrogens with zero attached hydrogens (tertiary/aromatic N) is 1. The molecular formula is C17H17NO4. The fraction of sp³-hybridized carbons (Fsp3) is 0.235. The molecule has 0 aliphatic rings. The second-order valence-electron chi connectivity index (χ2n) is 6.12. The first-order chi connectivity index (χ1) is 10.2. The Labute approximate surface area is 128 Å². The number of carboxylic acid groups (broad SMARTS) is 1. The number of carboxylic acids is 1. The van der Waals surface area contributed by atoms with E-state index in [1.54, 1.807) is 12.1 Å². The summed E-state index contributed by atoms with van der Waals surface area (Å²) in [5, 5.41) is 20.2. The predicted octanol–water partition coefficient (Wildman–Crippen LogP) is 4.26. The molecule has 114 valence electrons. The molecule has 5 nitrogen and oxygen atoms in total. The second kappa shape index (κ2) is 5.60. The number of nitro benzene ring substituents is 1. The summed E-state index contributed by atoms with van der Waals surface area (Å²) in [4.78, 5) is 21.7. The average molecular weight is 299 g/mol. The molecule has 5 heteroatoms. The number of nitro groups is 1. The first kappa shape index (κ1) is 15.7. The van der Waals surface area contributed by atoms with E-state index in [0.717, 1.165) is 5.56 Å². The number of non-ortho nitro benzene ring substituents is 1. The Balaban J connectivity index is 2.57. The van der Waals surface area contributed by atoms with Crippen LogP contribution in [0.15, 0.2) is 42.5 Å². The summed E-state index contributed by atoms with van der Waals surface area (Å²) in [7, 11) is 0. The van der Waals surface area contributed by atoms with Crippen molar-refractivity contribution in [2.24, 2.45) is 0 Å². The van der Waals surface area contributed by atoms with Gasteiger partial charge in [-0.05, 0) is 22.6 Å². The third-order valence-electron chi connectivity index (χ3n) is 3.51. The molecule has 0 amide bonds. The topological polar surface area (TPSA) is 80.4 Å². The highest BCUT2D eigenvalue weighted by Gasteiger charge is 2.18. The van der Waals surface area contributed by atoms with Crippen molar-refractivity contribution in [1.29, 1.82) is 0 Å². The van der Waals surface area contributed by atoms with Crippen molar-refractivity contribution in [2.75, 3.05) is 0 Å². The number of hydrogen-bond acceptors (Lipinski definition) is 3. The van der Waals surface area contributed by atoms with Gasteiger partial charge in [0.2, 0.25) is 0 Å². The van der Waals surface area contributed by atoms with Gasteiger partial charge in [0.1, 0.15) is 0 Å². The number of rotatable bonds is 3. The Kier molecular flexibility index (Phi) is 3.99. The van der Waals surface area contributed by atoms with Crippen LogP contribution in [0, 0.1) is 10.1 Å². The lowest BCUT2D eigenvalue weighted by Crippen LogP contribution is -2.10. The zero-order chi connectivity index (χ0) is 16.5. The van der Waals surface area contributed by atoms with Crippen molar-refractivity contribution in [3.8, 4) is 11.1 Å². The molecule has 0 aliphatic carbocycles. The molecular weight excluding hydrogens is 282 g/mol. The molecule has 0 unspecified atom stereocenters. The maximum Gasteiger partial charge on any atom is 0.336 e. The van der Waals surface area contributed by atoms with Gasteiger partial charge in [-0.2, -0.15) is 0 Å². The molecule has 1 N–H and O–H groups in total. The van der Waals surface area contributed by atoms with Crippen LogP contribution in [0.25, 0.3) is 11.1 Å². The van der Waals surface area contributed by atoms with Gasteiger partial charge in [0.05, 0.1) is 10.5 Å². The highest BCUT2D eigenvalue weighted by Crippen LogP contribution is 2.30. The van der Waals surface area contributed by atoms with Crippen LogP contribution in [-0.4, -0.2) is 16.0 Å². The van der Waals surface area contributed by atoms with Gasteiger partial charge < -0.3 is 5.11 Å². The lowest BCUT2D eigenvalue weighted by Gasteiger charge is -2.19. The van der Waals surface area contributed by atoms with Gasteiger partial charge in [0.15, 0.2) is 0 Å². The Morgan fingerprint density at radius 1 is 1.09 bits per heavy atom. The molecule has 0 atom stereocenters. The lowest BCUT2D eigenvalue weighted by molar-refractivity contribution is -0.384. The number of carbonyl (C=O) groups is 1. The van der Waals surface area contributed by atoms with Crippen molar-refractivity contribution in [2.45, 2.75) is 26.2 Å². The van der Waals surface area contributed by atoms with Gasteiger partial charge in [0.25, 0.3) is 5.69 Å². The van der Waals surface area contributed by atoms with E-state index in [2.05, 4.69) is 20.8 Å². The van der Waals surface area contributed by atoms with Crippen molar-refractivity contribution in [3.63, 3.8) is 0 Å². The standard InChI is InChI=1S/C17H17NO4/c1-17(2,3)12-6-4-11(5-7-12)15-10-13(18(21)22)8-9-14(15)16(19)20/h4-10H,1-3H3,(H,19,20). The molecule has 0 bridgehead atoms. The smallest absolute Gasteiger partial charge is 0.336 e. The SMILES string of the molecule is CC(C)(C)c1ccc(-c2cc([N+](=O)[O-])ccc2C(=O)O)cc1. The van der Waals surface area contributed by atoms with Crippen LogP contribution >= 0.6 is 0 Å². The van der Waals surface area contributed by atoms with Crippen LogP contribution in [0.4, 0.5) is 5.69 Å². The molecule has 0 spiro atoms. The Hall–Kier alpha value is -2.69. The maximum atomic E-state index is 11.3. The zero-order valence-electron chi connectivity index (χ0n) is 12.7. The highest BCUT2D eigenvalue weighted by atomic mass is 16.6. The summed E-state index contributed by atoms with van der Waals surface area (Å²) in [6, 6.07) is 11.2. The summed E-state index contributed by atoms with van der Waals surface area (Å²) in [5.41, 5.74) is 2.01. The van der Waals surface area contributed by atoms with Crippen LogP contribution in [0.5, 0.6) is 0 Å². The molecule has 2 aromatic carbocycles. The monoisotopic (exact) mass is 299 g/mol. The van der Waals surface area contributed by atoms with Crippen LogP contribution in [0.3, 0.4) is 0 Å². The largest absolute Gasteiger partial charge is 0.478 e. The number of hydrogen-bond donors (Lipinski definition) is 1. The summed E-state index contributed by atoms with van der Waals surface area (Å²) >= 11 is 0. The van der Waals surface area contributed by atoms with E-state index in [-0.39, 0.29) is 16.7 Å². The van der Waals surface area contributed by atoms with Crippen molar-refractivity contribution >= 4 is 11.7 Å². The van der Waals surface area contributed by atoms with Crippen molar-refractivity contribution in [1.82, 2.24) is 0 Å². The minimum absolute atomic E-state index is 0.0170. The summed E-state index contributed by atoms with van der Waals surface area (Å²) in [6.07, 6.45) is 0. The van der Waals surface area contributed by atoms with Crippen molar-refractivity contribution in [3.05, 3.63) is 63.7 Å².